The Morgan fingerprint density at radius 2 is 2.00 bits per heavy atom. The predicted octanol–water partition coefficient (Wildman–Crippen LogP) is 1.74. The second-order valence-corrected chi connectivity index (χ2v) is 6.08. The highest BCUT2D eigenvalue weighted by Gasteiger charge is 2.04. The fourth-order valence-electron chi connectivity index (χ4n) is 2.33. The minimum absolute atomic E-state index is 0.758. The van der Waals surface area contributed by atoms with E-state index in [2.05, 4.69) is 43.3 Å². The van der Waals surface area contributed by atoms with Crippen molar-refractivity contribution < 1.29 is 0 Å². The number of nitrogens with zero attached hydrogens (tertiary/aromatic N) is 4. The van der Waals surface area contributed by atoms with Gasteiger partial charge in [-0.2, -0.15) is 0 Å². The molecule has 3 rings (SSSR count). The van der Waals surface area contributed by atoms with Gasteiger partial charge in [-0.3, -0.25) is 9.39 Å². The molecule has 0 aliphatic heterocycles. The smallest absolute Gasteiger partial charge is 0.191 e. The van der Waals surface area contributed by atoms with Crippen molar-refractivity contribution >= 4 is 22.9 Å². The van der Waals surface area contributed by atoms with Gasteiger partial charge >= 0.3 is 0 Å². The first-order valence-corrected chi connectivity index (χ1v) is 8.50. The first-order valence-electron chi connectivity index (χ1n) is 7.62. The molecule has 0 atom stereocenters. The van der Waals surface area contributed by atoms with Gasteiger partial charge in [-0.15, -0.1) is 21.5 Å². The van der Waals surface area contributed by atoms with E-state index in [-0.39, 0.29) is 0 Å². The van der Waals surface area contributed by atoms with Gasteiger partial charge in [0.05, 0.1) is 0 Å². The molecule has 3 heterocycles. The molecule has 3 aromatic heterocycles. The zero-order chi connectivity index (χ0) is 15.9. The molecule has 0 amide bonds. The van der Waals surface area contributed by atoms with Crippen LogP contribution >= 0.6 is 11.3 Å². The summed E-state index contributed by atoms with van der Waals surface area (Å²) in [7, 11) is 1.78. The van der Waals surface area contributed by atoms with E-state index < -0.39 is 0 Å². The minimum Gasteiger partial charge on any atom is -0.356 e. The Morgan fingerprint density at radius 1 is 1.13 bits per heavy atom. The van der Waals surface area contributed by atoms with E-state index in [0.717, 1.165) is 43.4 Å². The first-order chi connectivity index (χ1) is 11.4. The van der Waals surface area contributed by atoms with Crippen LogP contribution in [-0.2, 0) is 12.8 Å². The zero-order valence-corrected chi connectivity index (χ0v) is 13.9. The van der Waals surface area contributed by atoms with Gasteiger partial charge < -0.3 is 10.6 Å². The largest absolute Gasteiger partial charge is 0.356 e. The lowest BCUT2D eigenvalue weighted by molar-refractivity contribution is 0.758. The number of nitrogens with one attached hydrogen (secondary N) is 2. The summed E-state index contributed by atoms with van der Waals surface area (Å²) in [6.07, 6.45) is 3.78. The summed E-state index contributed by atoms with van der Waals surface area (Å²) >= 11 is 1.78. The summed E-state index contributed by atoms with van der Waals surface area (Å²) in [6, 6.07) is 10.1. The SMILES string of the molecule is CN=C(NCCc1cccs1)NCCc1nnc2ccccn12. The summed E-state index contributed by atoms with van der Waals surface area (Å²) in [6.45, 7) is 1.63. The lowest BCUT2D eigenvalue weighted by Crippen LogP contribution is -2.39. The van der Waals surface area contributed by atoms with E-state index in [0.29, 0.717) is 0 Å². The molecule has 2 N–H and O–H groups in total. The highest BCUT2D eigenvalue weighted by atomic mass is 32.1. The number of guanidine groups is 1. The van der Waals surface area contributed by atoms with Crippen LogP contribution in [-0.4, -0.2) is 40.7 Å². The molecule has 0 aliphatic carbocycles. The number of aliphatic imine (C=N–C) groups is 1. The summed E-state index contributed by atoms with van der Waals surface area (Å²) < 4.78 is 2.01. The number of fused-ring (bicyclic) bond motifs is 1. The topological polar surface area (TPSA) is 66.6 Å². The maximum absolute atomic E-state index is 4.24. The van der Waals surface area contributed by atoms with Crippen LogP contribution in [0.15, 0.2) is 46.9 Å². The molecule has 3 aromatic rings. The van der Waals surface area contributed by atoms with Crippen LogP contribution in [0.3, 0.4) is 0 Å². The molecule has 0 fully saturated rings. The van der Waals surface area contributed by atoms with Crippen LogP contribution in [0, 0.1) is 0 Å². The second-order valence-electron chi connectivity index (χ2n) is 5.05. The fraction of sp³-hybridized carbons (Fsp3) is 0.312. The van der Waals surface area contributed by atoms with E-state index in [1.54, 1.807) is 18.4 Å². The molecule has 0 radical (unpaired) electrons. The quantitative estimate of drug-likeness (QED) is 0.534. The number of pyridine rings is 1. The van der Waals surface area contributed by atoms with Crippen molar-refractivity contribution in [1.29, 1.82) is 0 Å². The van der Waals surface area contributed by atoms with Gasteiger partial charge in [0.25, 0.3) is 0 Å². The normalized spacial score (nSPS) is 11.8. The van der Waals surface area contributed by atoms with Crippen molar-refractivity contribution in [2.75, 3.05) is 20.1 Å². The van der Waals surface area contributed by atoms with E-state index in [1.807, 2.05) is 28.8 Å². The Kier molecular flexibility index (Phi) is 5.21. The summed E-state index contributed by atoms with van der Waals surface area (Å²) in [4.78, 5) is 5.62. The highest BCUT2D eigenvalue weighted by Crippen LogP contribution is 2.08. The number of hydrogen-bond donors (Lipinski definition) is 2. The molecule has 6 nitrogen and oxygen atoms in total. The van der Waals surface area contributed by atoms with Gasteiger partial charge in [0, 0.05) is 37.6 Å². The molecule has 0 bridgehead atoms. The van der Waals surface area contributed by atoms with Crippen LogP contribution in [0.4, 0.5) is 0 Å². The van der Waals surface area contributed by atoms with Crippen molar-refractivity contribution in [2.45, 2.75) is 12.8 Å². The summed E-state index contributed by atoms with van der Waals surface area (Å²) in [5.41, 5.74) is 0.876. The molecule has 0 saturated heterocycles. The lowest BCUT2D eigenvalue weighted by atomic mass is 10.3. The Labute approximate surface area is 139 Å². The monoisotopic (exact) mass is 328 g/mol. The maximum Gasteiger partial charge on any atom is 0.191 e. The lowest BCUT2D eigenvalue weighted by Gasteiger charge is -2.11. The minimum atomic E-state index is 0.758. The van der Waals surface area contributed by atoms with Crippen molar-refractivity contribution in [1.82, 2.24) is 25.2 Å². The third-order valence-electron chi connectivity index (χ3n) is 3.49. The predicted molar refractivity (Wildman–Crippen MR) is 94.1 cm³/mol. The van der Waals surface area contributed by atoms with Crippen LogP contribution in [0.2, 0.25) is 0 Å². The van der Waals surface area contributed by atoms with Crippen molar-refractivity contribution in [3.63, 3.8) is 0 Å². The average molecular weight is 328 g/mol. The molecule has 0 unspecified atom stereocenters. The van der Waals surface area contributed by atoms with Gasteiger partial charge in [-0.05, 0) is 30.0 Å². The fourth-order valence-corrected chi connectivity index (χ4v) is 3.04. The first kappa shape index (κ1) is 15.5. The van der Waals surface area contributed by atoms with Crippen LogP contribution in [0.1, 0.15) is 10.7 Å². The van der Waals surface area contributed by atoms with Gasteiger partial charge in [-0.1, -0.05) is 12.1 Å². The summed E-state index contributed by atoms with van der Waals surface area (Å²) in [5.74, 6) is 1.76. The molecule has 0 aliphatic rings. The Bertz CT molecular complexity index is 762. The van der Waals surface area contributed by atoms with Crippen molar-refractivity contribution in [2.24, 2.45) is 4.99 Å². The molecule has 0 saturated carbocycles. The molecule has 23 heavy (non-hydrogen) atoms. The van der Waals surface area contributed by atoms with Gasteiger partial charge in [0.2, 0.25) is 0 Å². The standard InChI is InChI=1S/C16H20N6S/c1-17-16(18-9-7-13-5-4-12-23-13)19-10-8-15-21-20-14-6-2-3-11-22(14)15/h2-6,11-12H,7-10H2,1H3,(H2,17,18,19). The molecule has 7 heteroatoms. The molecule has 0 spiro atoms. The van der Waals surface area contributed by atoms with Crippen molar-refractivity contribution in [3.8, 4) is 0 Å². The van der Waals surface area contributed by atoms with E-state index in [1.165, 1.54) is 4.88 Å². The van der Waals surface area contributed by atoms with E-state index in [4.69, 9.17) is 0 Å². The number of rotatable bonds is 6. The molecular formula is C16H20N6S. The Hall–Kier alpha value is -2.41. The third-order valence-corrected chi connectivity index (χ3v) is 4.43. The number of thiophene rings is 1. The van der Waals surface area contributed by atoms with Crippen LogP contribution in [0.5, 0.6) is 0 Å². The zero-order valence-electron chi connectivity index (χ0n) is 13.1. The second kappa shape index (κ2) is 7.73. The third kappa shape index (κ3) is 4.07. The molecule has 0 aromatic carbocycles. The molecule has 120 valence electrons. The average Bonchev–Trinajstić information content (AvgIpc) is 3.23. The van der Waals surface area contributed by atoms with E-state index >= 15 is 0 Å². The van der Waals surface area contributed by atoms with Gasteiger partial charge in [0.15, 0.2) is 11.6 Å². The molecular weight excluding hydrogens is 308 g/mol. The Balaban J connectivity index is 1.45. The van der Waals surface area contributed by atoms with Gasteiger partial charge in [0.1, 0.15) is 5.82 Å². The van der Waals surface area contributed by atoms with Crippen LogP contribution < -0.4 is 10.6 Å². The summed E-state index contributed by atoms with van der Waals surface area (Å²) in [5, 5.41) is 17.1. The van der Waals surface area contributed by atoms with E-state index in [9.17, 15) is 0 Å². The maximum atomic E-state index is 4.24. The number of hydrogen-bond acceptors (Lipinski definition) is 4. The van der Waals surface area contributed by atoms with Gasteiger partial charge in [-0.25, -0.2) is 0 Å². The van der Waals surface area contributed by atoms with Crippen molar-refractivity contribution in [3.05, 3.63) is 52.6 Å². The Morgan fingerprint density at radius 3 is 2.78 bits per heavy atom. The van der Waals surface area contributed by atoms with Crippen LogP contribution in [0.25, 0.3) is 5.65 Å². The number of aromatic nitrogens is 3. The highest BCUT2D eigenvalue weighted by molar-refractivity contribution is 7.09.